The molecule has 2 amide bonds. The lowest BCUT2D eigenvalue weighted by atomic mass is 10.1. The number of hydrogen-bond acceptors (Lipinski definition) is 6. The summed E-state index contributed by atoms with van der Waals surface area (Å²) >= 11 is 0. The minimum Gasteiger partial charge on any atom is -0.394 e. The summed E-state index contributed by atoms with van der Waals surface area (Å²) in [4.78, 5) is 39.3. The van der Waals surface area contributed by atoms with Crippen LogP contribution in [0.5, 0.6) is 0 Å². The SMILES string of the molecule is CC/C=C(\C=C/CNC(=O)C(C)(N)CO)C(=O)Nc1ccn(C)c(=O)n1. The number of aliphatic hydroxyl groups excluding tert-OH is 1. The van der Waals surface area contributed by atoms with E-state index >= 15 is 0 Å². The van der Waals surface area contributed by atoms with E-state index in [1.165, 1.54) is 23.8 Å². The molecule has 1 aromatic heterocycles. The molecular formula is C17H25N5O4. The van der Waals surface area contributed by atoms with Crippen LogP contribution in [0.2, 0.25) is 0 Å². The van der Waals surface area contributed by atoms with E-state index in [4.69, 9.17) is 10.8 Å². The lowest BCUT2D eigenvalue weighted by molar-refractivity contribution is -0.126. The van der Waals surface area contributed by atoms with Crippen molar-refractivity contribution in [1.82, 2.24) is 14.9 Å². The summed E-state index contributed by atoms with van der Waals surface area (Å²) in [5.74, 6) is -0.766. The maximum absolute atomic E-state index is 12.3. The quantitative estimate of drug-likeness (QED) is 0.360. The smallest absolute Gasteiger partial charge is 0.349 e. The van der Waals surface area contributed by atoms with Crippen LogP contribution >= 0.6 is 0 Å². The van der Waals surface area contributed by atoms with E-state index in [-0.39, 0.29) is 12.4 Å². The van der Waals surface area contributed by atoms with Crippen LogP contribution in [-0.4, -0.2) is 45.2 Å². The summed E-state index contributed by atoms with van der Waals surface area (Å²) in [7, 11) is 1.56. The van der Waals surface area contributed by atoms with Crippen molar-refractivity contribution in [3.63, 3.8) is 0 Å². The van der Waals surface area contributed by atoms with Crippen LogP contribution in [0.4, 0.5) is 5.82 Å². The monoisotopic (exact) mass is 363 g/mol. The zero-order valence-corrected chi connectivity index (χ0v) is 15.2. The van der Waals surface area contributed by atoms with Crippen molar-refractivity contribution in [3.05, 3.63) is 46.5 Å². The van der Waals surface area contributed by atoms with Gasteiger partial charge in [0, 0.05) is 25.4 Å². The van der Waals surface area contributed by atoms with Crippen molar-refractivity contribution in [1.29, 1.82) is 0 Å². The van der Waals surface area contributed by atoms with Crippen LogP contribution < -0.4 is 22.1 Å². The average molecular weight is 363 g/mol. The van der Waals surface area contributed by atoms with Crippen LogP contribution in [0.1, 0.15) is 20.3 Å². The Balaban J connectivity index is 2.72. The molecule has 26 heavy (non-hydrogen) atoms. The van der Waals surface area contributed by atoms with Gasteiger partial charge in [-0.25, -0.2) is 4.79 Å². The Hall–Kier alpha value is -2.78. The summed E-state index contributed by atoms with van der Waals surface area (Å²) in [6.07, 6.45) is 6.96. The number of rotatable bonds is 8. The molecule has 0 spiro atoms. The van der Waals surface area contributed by atoms with Gasteiger partial charge in [-0.05, 0) is 19.4 Å². The molecule has 142 valence electrons. The summed E-state index contributed by atoms with van der Waals surface area (Å²) < 4.78 is 1.29. The molecule has 0 aliphatic carbocycles. The van der Waals surface area contributed by atoms with Gasteiger partial charge in [-0.1, -0.05) is 25.2 Å². The fraction of sp³-hybridized carbons (Fsp3) is 0.412. The van der Waals surface area contributed by atoms with Gasteiger partial charge in [-0.3, -0.25) is 9.59 Å². The normalized spacial score (nSPS) is 14.1. The third-order valence-electron chi connectivity index (χ3n) is 3.43. The highest BCUT2D eigenvalue weighted by Gasteiger charge is 2.26. The topological polar surface area (TPSA) is 139 Å². The van der Waals surface area contributed by atoms with Crippen molar-refractivity contribution >= 4 is 17.6 Å². The molecule has 9 heteroatoms. The fourth-order valence-electron chi connectivity index (χ4n) is 1.79. The molecule has 0 bridgehead atoms. The molecule has 9 nitrogen and oxygen atoms in total. The van der Waals surface area contributed by atoms with Gasteiger partial charge in [0.05, 0.1) is 6.61 Å². The zero-order valence-electron chi connectivity index (χ0n) is 15.2. The number of allylic oxidation sites excluding steroid dienone is 1. The first-order valence-corrected chi connectivity index (χ1v) is 8.11. The Labute approximate surface area is 151 Å². The molecule has 5 N–H and O–H groups in total. The third-order valence-corrected chi connectivity index (χ3v) is 3.43. The summed E-state index contributed by atoms with van der Waals surface area (Å²) in [5.41, 5.74) is 4.13. The van der Waals surface area contributed by atoms with Crippen LogP contribution in [0.3, 0.4) is 0 Å². The molecule has 0 radical (unpaired) electrons. The number of aliphatic hydroxyl groups is 1. The predicted octanol–water partition coefficient (Wildman–Crippen LogP) is -0.563. The third kappa shape index (κ3) is 6.26. The van der Waals surface area contributed by atoms with Gasteiger partial charge >= 0.3 is 5.69 Å². The van der Waals surface area contributed by atoms with E-state index in [9.17, 15) is 14.4 Å². The minimum atomic E-state index is -1.36. The highest BCUT2D eigenvalue weighted by atomic mass is 16.3. The largest absolute Gasteiger partial charge is 0.394 e. The molecule has 1 rings (SSSR count). The van der Waals surface area contributed by atoms with E-state index < -0.39 is 29.6 Å². The van der Waals surface area contributed by atoms with Crippen molar-refractivity contribution < 1.29 is 14.7 Å². The predicted molar refractivity (Wildman–Crippen MR) is 98.3 cm³/mol. The van der Waals surface area contributed by atoms with Gasteiger partial charge in [0.2, 0.25) is 5.91 Å². The molecule has 1 aromatic rings. The second-order valence-electron chi connectivity index (χ2n) is 5.92. The number of carbonyl (C=O) groups excluding carboxylic acids is 2. The van der Waals surface area contributed by atoms with Crippen LogP contribution in [-0.2, 0) is 16.6 Å². The summed E-state index contributed by atoms with van der Waals surface area (Å²) in [6, 6.07) is 1.52. The average Bonchev–Trinajstić information content (AvgIpc) is 2.60. The fourth-order valence-corrected chi connectivity index (χ4v) is 1.79. The molecule has 0 saturated carbocycles. The van der Waals surface area contributed by atoms with Crippen LogP contribution in [0.15, 0.2) is 40.9 Å². The molecule has 0 aromatic carbocycles. The number of aromatic nitrogens is 2. The molecular weight excluding hydrogens is 338 g/mol. The molecule has 0 aliphatic heterocycles. The summed E-state index contributed by atoms with van der Waals surface area (Å²) in [5, 5.41) is 14.1. The Morgan fingerprint density at radius 3 is 2.73 bits per heavy atom. The van der Waals surface area contributed by atoms with Crippen molar-refractivity contribution in [2.24, 2.45) is 12.8 Å². The lowest BCUT2D eigenvalue weighted by Crippen LogP contribution is -2.54. The van der Waals surface area contributed by atoms with Gasteiger partial charge in [-0.2, -0.15) is 4.98 Å². The zero-order chi connectivity index (χ0) is 19.7. The number of amides is 2. The van der Waals surface area contributed by atoms with Gasteiger partial charge in [0.15, 0.2) is 0 Å². The van der Waals surface area contributed by atoms with Gasteiger partial charge in [0.1, 0.15) is 11.4 Å². The van der Waals surface area contributed by atoms with Crippen molar-refractivity contribution in [2.75, 3.05) is 18.5 Å². The number of aryl methyl sites for hydroxylation is 1. The van der Waals surface area contributed by atoms with Crippen molar-refractivity contribution in [2.45, 2.75) is 25.8 Å². The number of nitrogens with two attached hydrogens (primary N) is 1. The first kappa shape index (κ1) is 21.3. The highest BCUT2D eigenvalue weighted by molar-refractivity contribution is 6.05. The number of nitrogens with zero attached hydrogens (tertiary/aromatic N) is 2. The molecule has 1 atom stereocenters. The lowest BCUT2D eigenvalue weighted by Gasteiger charge is -2.19. The van der Waals surface area contributed by atoms with E-state index in [1.54, 1.807) is 25.3 Å². The maximum atomic E-state index is 12.3. The second-order valence-corrected chi connectivity index (χ2v) is 5.92. The summed E-state index contributed by atoms with van der Waals surface area (Å²) in [6.45, 7) is 2.96. The van der Waals surface area contributed by atoms with E-state index in [0.29, 0.717) is 12.0 Å². The van der Waals surface area contributed by atoms with Gasteiger partial charge in [-0.15, -0.1) is 0 Å². The molecule has 0 saturated heterocycles. The molecule has 0 fully saturated rings. The van der Waals surface area contributed by atoms with E-state index in [0.717, 1.165) is 0 Å². The molecule has 1 heterocycles. The maximum Gasteiger partial charge on any atom is 0.349 e. The molecule has 1 unspecified atom stereocenters. The number of hydrogen-bond donors (Lipinski definition) is 4. The van der Waals surface area contributed by atoms with E-state index in [2.05, 4.69) is 15.6 Å². The standard InChI is InChI=1S/C17H25N5O4/c1-4-6-12(7-5-9-19-15(25)17(2,18)11-23)14(24)20-13-8-10-22(3)16(26)21-13/h5-8,10,23H,4,9,11,18H2,1-3H3,(H,19,25)(H,20,21,24,26)/b7-5-,12-6+. The Morgan fingerprint density at radius 1 is 1.46 bits per heavy atom. The van der Waals surface area contributed by atoms with E-state index in [1.807, 2.05) is 6.92 Å². The Kier molecular flexibility index (Phi) is 7.88. The van der Waals surface area contributed by atoms with Crippen molar-refractivity contribution in [3.8, 4) is 0 Å². The number of nitrogens with one attached hydrogen (secondary N) is 2. The van der Waals surface area contributed by atoms with Crippen LogP contribution in [0, 0.1) is 0 Å². The first-order chi connectivity index (χ1) is 12.2. The highest BCUT2D eigenvalue weighted by Crippen LogP contribution is 2.05. The second kappa shape index (κ2) is 9.64. The van der Waals surface area contributed by atoms with Gasteiger partial charge < -0.3 is 26.0 Å². The Bertz CT molecular complexity index is 765. The number of carbonyl (C=O) groups is 2. The number of anilines is 1. The van der Waals surface area contributed by atoms with Crippen LogP contribution in [0.25, 0.3) is 0 Å². The van der Waals surface area contributed by atoms with Gasteiger partial charge in [0.25, 0.3) is 5.91 Å². The molecule has 0 aliphatic rings. The minimum absolute atomic E-state index is 0.143. The Morgan fingerprint density at radius 2 is 2.15 bits per heavy atom. The first-order valence-electron chi connectivity index (χ1n) is 8.11.